The molecule has 3 aromatic carbocycles. The van der Waals surface area contributed by atoms with E-state index in [-0.39, 0.29) is 11.3 Å². The number of halogens is 2. The largest absolute Gasteiger partial charge is 0.452 e. The lowest BCUT2D eigenvalue weighted by Gasteiger charge is -2.09. The van der Waals surface area contributed by atoms with Gasteiger partial charge in [0.1, 0.15) is 0 Å². The molecule has 11 heteroatoms. The first kappa shape index (κ1) is 25.9. The molecule has 0 aliphatic carbocycles. The quantitative estimate of drug-likeness (QED) is 0.282. The molecule has 0 saturated heterocycles. The van der Waals surface area contributed by atoms with E-state index in [1.807, 2.05) is 6.07 Å². The van der Waals surface area contributed by atoms with E-state index < -0.39 is 34.3 Å². The number of benzene rings is 3. The van der Waals surface area contributed by atoms with Crippen molar-refractivity contribution in [1.29, 1.82) is 0 Å². The Balaban J connectivity index is 1.53. The highest BCUT2D eigenvalue weighted by Crippen LogP contribution is 2.26. The molecule has 2 N–H and O–H groups in total. The van der Waals surface area contributed by atoms with Crippen molar-refractivity contribution >= 4 is 51.1 Å². The van der Waals surface area contributed by atoms with Gasteiger partial charge in [-0.2, -0.15) is 8.78 Å². The van der Waals surface area contributed by atoms with Gasteiger partial charge in [-0.15, -0.1) is 0 Å². The molecule has 35 heavy (non-hydrogen) atoms. The number of nitrogens with one attached hydrogen (secondary N) is 2. The second-order valence-electron chi connectivity index (χ2n) is 6.97. The monoisotopic (exact) mass is 518 g/mol. The standard InChI is InChI=1S/C24H20F2N2O5S2/c25-24(26)34-21-11-9-19(10-12-21)27-22(29)16-33-23(30)18-7-4-8-20(15-18)28-35(31,32)14-13-17-5-2-1-3-6-17/h1-15,24,28H,16H2,(H,27,29). The third-order valence-corrected chi connectivity index (χ3v) is 6.03. The molecule has 7 nitrogen and oxygen atoms in total. The average molecular weight is 519 g/mol. The maximum absolute atomic E-state index is 12.4. The van der Waals surface area contributed by atoms with Crippen LogP contribution in [0.4, 0.5) is 20.2 Å². The van der Waals surface area contributed by atoms with Gasteiger partial charge in [-0.3, -0.25) is 9.52 Å². The molecule has 0 bridgehead atoms. The number of rotatable bonds is 10. The Morgan fingerprint density at radius 2 is 1.66 bits per heavy atom. The van der Waals surface area contributed by atoms with Crippen LogP contribution in [0.2, 0.25) is 0 Å². The van der Waals surface area contributed by atoms with E-state index in [1.165, 1.54) is 54.6 Å². The number of hydrogen-bond acceptors (Lipinski definition) is 6. The Bertz CT molecular complexity index is 1300. The van der Waals surface area contributed by atoms with Crippen LogP contribution < -0.4 is 10.0 Å². The number of sulfonamides is 1. The molecule has 0 spiro atoms. The molecule has 0 aliphatic rings. The van der Waals surface area contributed by atoms with Crippen molar-refractivity contribution in [2.45, 2.75) is 10.7 Å². The zero-order valence-electron chi connectivity index (χ0n) is 18.1. The van der Waals surface area contributed by atoms with Crippen molar-refractivity contribution in [3.8, 4) is 0 Å². The fourth-order valence-electron chi connectivity index (χ4n) is 2.77. The van der Waals surface area contributed by atoms with E-state index in [9.17, 15) is 26.8 Å². The first-order chi connectivity index (χ1) is 16.7. The molecule has 3 rings (SSSR count). The second kappa shape index (κ2) is 12.1. The lowest BCUT2D eigenvalue weighted by molar-refractivity contribution is -0.119. The molecule has 0 atom stereocenters. The Labute approximate surface area is 205 Å². The number of carbonyl (C=O) groups is 2. The van der Waals surface area contributed by atoms with Gasteiger partial charge in [-0.05, 0) is 54.1 Å². The number of amides is 1. The molecule has 0 fully saturated rings. The zero-order chi connectivity index (χ0) is 25.3. The summed E-state index contributed by atoms with van der Waals surface area (Å²) < 4.78 is 56.7. The lowest BCUT2D eigenvalue weighted by Crippen LogP contribution is -2.21. The van der Waals surface area contributed by atoms with Crippen LogP contribution in [0.3, 0.4) is 0 Å². The predicted octanol–water partition coefficient (Wildman–Crippen LogP) is 5.21. The van der Waals surface area contributed by atoms with E-state index in [1.54, 1.807) is 24.3 Å². The SMILES string of the molecule is O=C(COC(=O)c1cccc(NS(=O)(=O)C=Cc2ccccc2)c1)Nc1ccc(SC(F)F)cc1. The van der Waals surface area contributed by atoms with Gasteiger partial charge in [0.2, 0.25) is 0 Å². The average Bonchev–Trinajstić information content (AvgIpc) is 2.83. The molecular formula is C24H20F2N2O5S2. The number of hydrogen-bond donors (Lipinski definition) is 2. The number of anilines is 2. The Hall–Kier alpha value is -3.70. The molecular weight excluding hydrogens is 498 g/mol. The third kappa shape index (κ3) is 8.87. The molecule has 0 unspecified atom stereocenters. The van der Waals surface area contributed by atoms with Crippen LogP contribution in [0.25, 0.3) is 6.08 Å². The minimum absolute atomic E-state index is 0.0402. The van der Waals surface area contributed by atoms with E-state index >= 15 is 0 Å². The molecule has 3 aromatic rings. The predicted molar refractivity (Wildman–Crippen MR) is 132 cm³/mol. The number of thioether (sulfide) groups is 1. The van der Waals surface area contributed by atoms with Crippen LogP contribution in [-0.2, 0) is 19.6 Å². The number of ether oxygens (including phenoxy) is 1. The molecule has 0 aliphatic heterocycles. The highest BCUT2D eigenvalue weighted by atomic mass is 32.2. The van der Waals surface area contributed by atoms with E-state index in [0.717, 1.165) is 5.41 Å². The Kier molecular flexibility index (Phi) is 8.98. The minimum Gasteiger partial charge on any atom is -0.452 e. The first-order valence-electron chi connectivity index (χ1n) is 10.1. The van der Waals surface area contributed by atoms with Gasteiger partial charge in [-0.1, -0.05) is 48.2 Å². The summed E-state index contributed by atoms with van der Waals surface area (Å²) in [7, 11) is -3.84. The normalized spacial score (nSPS) is 11.4. The Morgan fingerprint density at radius 3 is 2.34 bits per heavy atom. The van der Waals surface area contributed by atoms with Crippen LogP contribution >= 0.6 is 11.8 Å². The topological polar surface area (TPSA) is 102 Å². The smallest absolute Gasteiger partial charge is 0.338 e. The van der Waals surface area contributed by atoms with Crippen LogP contribution in [0.5, 0.6) is 0 Å². The maximum Gasteiger partial charge on any atom is 0.338 e. The van der Waals surface area contributed by atoms with Crippen molar-refractivity contribution in [1.82, 2.24) is 0 Å². The summed E-state index contributed by atoms with van der Waals surface area (Å²) in [5, 5.41) is 3.50. The van der Waals surface area contributed by atoms with Crippen molar-refractivity contribution < 1.29 is 31.5 Å². The third-order valence-electron chi connectivity index (χ3n) is 4.30. The van der Waals surface area contributed by atoms with E-state index in [4.69, 9.17) is 4.74 Å². The summed E-state index contributed by atoms with van der Waals surface area (Å²) in [5.74, 6) is -4.00. The van der Waals surface area contributed by atoms with Gasteiger partial charge in [-0.25, -0.2) is 13.2 Å². The van der Waals surface area contributed by atoms with E-state index in [2.05, 4.69) is 10.0 Å². The van der Waals surface area contributed by atoms with Crippen molar-refractivity contribution in [2.75, 3.05) is 16.6 Å². The van der Waals surface area contributed by atoms with Crippen LogP contribution in [0.1, 0.15) is 15.9 Å². The van der Waals surface area contributed by atoms with Crippen LogP contribution in [-0.4, -0.2) is 32.7 Å². The van der Waals surface area contributed by atoms with Gasteiger partial charge >= 0.3 is 5.97 Å². The van der Waals surface area contributed by atoms with E-state index in [0.29, 0.717) is 27.9 Å². The number of alkyl halides is 2. The maximum atomic E-state index is 12.4. The van der Waals surface area contributed by atoms with Gasteiger partial charge in [0.05, 0.1) is 11.0 Å². The van der Waals surface area contributed by atoms with Crippen LogP contribution in [0, 0.1) is 0 Å². The minimum atomic E-state index is -3.84. The first-order valence-corrected chi connectivity index (χ1v) is 12.5. The highest BCUT2D eigenvalue weighted by Gasteiger charge is 2.13. The summed E-state index contributed by atoms with van der Waals surface area (Å²) in [6, 6.07) is 20.3. The van der Waals surface area contributed by atoms with Gasteiger partial charge in [0.15, 0.2) is 6.61 Å². The van der Waals surface area contributed by atoms with Crippen molar-refractivity contribution in [3.63, 3.8) is 0 Å². The molecule has 0 heterocycles. The molecule has 182 valence electrons. The molecule has 1 amide bonds. The summed E-state index contributed by atoms with van der Waals surface area (Å²) in [5.41, 5.74) is 1.24. The van der Waals surface area contributed by atoms with Gasteiger partial charge in [0.25, 0.3) is 21.7 Å². The van der Waals surface area contributed by atoms with Gasteiger partial charge in [0, 0.05) is 16.3 Å². The van der Waals surface area contributed by atoms with Crippen LogP contribution in [0.15, 0.2) is 89.2 Å². The highest BCUT2D eigenvalue weighted by molar-refractivity contribution is 7.99. The fourth-order valence-corrected chi connectivity index (χ4v) is 4.13. The summed E-state index contributed by atoms with van der Waals surface area (Å²) >= 11 is 0.382. The number of carbonyl (C=O) groups excluding carboxylic acids is 2. The lowest BCUT2D eigenvalue weighted by atomic mass is 10.2. The van der Waals surface area contributed by atoms with Gasteiger partial charge < -0.3 is 10.1 Å². The zero-order valence-corrected chi connectivity index (χ0v) is 19.7. The fraction of sp³-hybridized carbons (Fsp3) is 0.0833. The molecule has 0 saturated carbocycles. The molecule has 0 aromatic heterocycles. The summed E-state index contributed by atoms with van der Waals surface area (Å²) in [6.45, 7) is -0.595. The Morgan fingerprint density at radius 1 is 0.943 bits per heavy atom. The summed E-state index contributed by atoms with van der Waals surface area (Å²) in [6.07, 6.45) is 1.43. The molecule has 0 radical (unpaired) electrons. The number of esters is 1. The van der Waals surface area contributed by atoms with Crippen molar-refractivity contribution in [3.05, 3.63) is 95.4 Å². The second-order valence-corrected chi connectivity index (χ2v) is 9.60. The van der Waals surface area contributed by atoms with Crippen molar-refractivity contribution in [2.24, 2.45) is 0 Å². The summed E-state index contributed by atoms with van der Waals surface area (Å²) in [4.78, 5) is 24.7.